The van der Waals surface area contributed by atoms with E-state index in [1.54, 1.807) is 7.11 Å². The molecule has 1 heterocycles. The molecule has 1 aromatic heterocycles. The second-order valence-electron chi connectivity index (χ2n) is 5.18. The zero-order valence-corrected chi connectivity index (χ0v) is 12.2. The van der Waals surface area contributed by atoms with Crippen LogP contribution >= 0.6 is 0 Å². The van der Waals surface area contributed by atoms with Gasteiger partial charge in [-0.05, 0) is 24.5 Å². The van der Waals surface area contributed by atoms with Crippen molar-refractivity contribution < 1.29 is 9.84 Å². The molecule has 1 aromatic carbocycles. The molecule has 0 aliphatic rings. The lowest BCUT2D eigenvalue weighted by molar-refractivity contribution is 0.277. The highest BCUT2D eigenvalue weighted by molar-refractivity contribution is 5.63. The van der Waals surface area contributed by atoms with Gasteiger partial charge in [-0.25, -0.2) is 4.68 Å². The minimum absolute atomic E-state index is 0.117. The van der Waals surface area contributed by atoms with Crippen molar-refractivity contribution in [3.63, 3.8) is 0 Å². The SMILES string of the molecule is COc1cccc(-c2c(CO)nnn2CCC(C)C)c1. The fourth-order valence-electron chi connectivity index (χ4n) is 2.08. The van der Waals surface area contributed by atoms with Crippen LogP contribution in [0.2, 0.25) is 0 Å². The fraction of sp³-hybridized carbons (Fsp3) is 0.467. The Morgan fingerprint density at radius 1 is 1.35 bits per heavy atom. The number of aromatic nitrogens is 3. The molecule has 0 amide bonds. The number of benzene rings is 1. The van der Waals surface area contributed by atoms with E-state index in [9.17, 15) is 5.11 Å². The van der Waals surface area contributed by atoms with Gasteiger partial charge in [0.05, 0.1) is 19.4 Å². The van der Waals surface area contributed by atoms with Crippen LogP contribution < -0.4 is 4.74 Å². The summed E-state index contributed by atoms with van der Waals surface area (Å²) in [5.74, 6) is 1.37. The van der Waals surface area contributed by atoms with Crippen molar-refractivity contribution in [2.24, 2.45) is 5.92 Å². The average molecular weight is 275 g/mol. The fourth-order valence-corrected chi connectivity index (χ4v) is 2.08. The van der Waals surface area contributed by atoms with Crippen LogP contribution in [0.15, 0.2) is 24.3 Å². The van der Waals surface area contributed by atoms with Crippen LogP contribution in [-0.2, 0) is 13.2 Å². The molecule has 0 saturated heterocycles. The lowest BCUT2D eigenvalue weighted by Crippen LogP contribution is -2.06. The van der Waals surface area contributed by atoms with Gasteiger partial charge in [-0.2, -0.15) is 0 Å². The van der Waals surface area contributed by atoms with Crippen LogP contribution in [0.1, 0.15) is 26.0 Å². The van der Waals surface area contributed by atoms with Crippen molar-refractivity contribution in [3.8, 4) is 17.0 Å². The Kier molecular flexibility index (Phi) is 4.74. The van der Waals surface area contributed by atoms with Gasteiger partial charge >= 0.3 is 0 Å². The van der Waals surface area contributed by atoms with Crippen molar-refractivity contribution in [2.75, 3.05) is 7.11 Å². The van der Waals surface area contributed by atoms with Gasteiger partial charge in [0.2, 0.25) is 0 Å². The molecule has 0 bridgehead atoms. The molecule has 108 valence electrons. The lowest BCUT2D eigenvalue weighted by atomic mass is 10.1. The normalized spacial score (nSPS) is 11.1. The number of nitrogens with zero attached hydrogens (tertiary/aromatic N) is 3. The van der Waals surface area contributed by atoms with Crippen LogP contribution in [0.4, 0.5) is 0 Å². The van der Waals surface area contributed by atoms with E-state index in [0.717, 1.165) is 30.0 Å². The molecule has 0 fully saturated rings. The Morgan fingerprint density at radius 3 is 2.80 bits per heavy atom. The van der Waals surface area contributed by atoms with E-state index < -0.39 is 0 Å². The predicted molar refractivity (Wildman–Crippen MR) is 77.4 cm³/mol. The van der Waals surface area contributed by atoms with E-state index in [2.05, 4.69) is 24.2 Å². The molecular weight excluding hydrogens is 254 g/mol. The highest BCUT2D eigenvalue weighted by atomic mass is 16.5. The summed E-state index contributed by atoms with van der Waals surface area (Å²) in [6.07, 6.45) is 1.02. The predicted octanol–water partition coefficient (Wildman–Crippen LogP) is 2.49. The van der Waals surface area contributed by atoms with Crippen LogP contribution in [0.3, 0.4) is 0 Å². The maximum Gasteiger partial charge on any atom is 0.119 e. The lowest BCUT2D eigenvalue weighted by Gasteiger charge is -2.10. The van der Waals surface area contributed by atoms with Crippen molar-refractivity contribution in [1.29, 1.82) is 0 Å². The first-order valence-electron chi connectivity index (χ1n) is 6.83. The molecule has 1 N–H and O–H groups in total. The molecule has 0 atom stereocenters. The Balaban J connectivity index is 2.39. The number of aryl methyl sites for hydroxylation is 1. The summed E-state index contributed by atoms with van der Waals surface area (Å²) in [7, 11) is 1.64. The average Bonchev–Trinajstić information content (AvgIpc) is 2.88. The van der Waals surface area contributed by atoms with Crippen LogP contribution in [-0.4, -0.2) is 27.2 Å². The van der Waals surface area contributed by atoms with Crippen molar-refractivity contribution in [3.05, 3.63) is 30.0 Å². The van der Waals surface area contributed by atoms with Gasteiger partial charge in [-0.3, -0.25) is 0 Å². The smallest absolute Gasteiger partial charge is 0.119 e. The number of hydrogen-bond donors (Lipinski definition) is 1. The molecule has 0 unspecified atom stereocenters. The quantitative estimate of drug-likeness (QED) is 0.880. The van der Waals surface area contributed by atoms with Crippen molar-refractivity contribution >= 4 is 0 Å². The first kappa shape index (κ1) is 14.5. The zero-order valence-electron chi connectivity index (χ0n) is 12.2. The van der Waals surface area contributed by atoms with Gasteiger partial charge in [0, 0.05) is 12.1 Å². The van der Waals surface area contributed by atoms with Crippen molar-refractivity contribution in [1.82, 2.24) is 15.0 Å². The minimum atomic E-state index is -0.117. The standard InChI is InChI=1S/C15H21N3O2/c1-11(2)7-8-18-15(14(10-19)16-17-18)12-5-4-6-13(9-12)20-3/h4-6,9,11,19H,7-8,10H2,1-3H3. The van der Waals surface area contributed by atoms with Crippen LogP contribution in [0, 0.1) is 5.92 Å². The molecule has 5 heteroatoms. The maximum atomic E-state index is 9.45. The van der Waals surface area contributed by atoms with Gasteiger partial charge in [0.15, 0.2) is 0 Å². The summed E-state index contributed by atoms with van der Waals surface area (Å²) in [5.41, 5.74) is 2.43. The molecule has 0 aliphatic carbocycles. The summed E-state index contributed by atoms with van der Waals surface area (Å²) in [4.78, 5) is 0. The molecule has 0 saturated carbocycles. The monoisotopic (exact) mass is 275 g/mol. The van der Waals surface area contributed by atoms with E-state index in [0.29, 0.717) is 11.6 Å². The Hall–Kier alpha value is -1.88. The zero-order chi connectivity index (χ0) is 14.5. The largest absolute Gasteiger partial charge is 0.497 e. The molecule has 2 aromatic rings. The Labute approximate surface area is 119 Å². The Bertz CT molecular complexity index is 564. The number of hydrogen-bond acceptors (Lipinski definition) is 4. The third-order valence-corrected chi connectivity index (χ3v) is 3.22. The number of methoxy groups -OCH3 is 1. The summed E-state index contributed by atoms with van der Waals surface area (Å²) < 4.78 is 7.11. The van der Waals surface area contributed by atoms with E-state index in [-0.39, 0.29) is 6.61 Å². The molecule has 0 radical (unpaired) electrons. The summed E-state index contributed by atoms with van der Waals surface area (Å²) in [6, 6.07) is 7.73. The number of aliphatic hydroxyl groups is 1. The minimum Gasteiger partial charge on any atom is -0.497 e. The van der Waals surface area contributed by atoms with Gasteiger partial charge in [0.1, 0.15) is 11.4 Å². The molecule has 0 spiro atoms. The van der Waals surface area contributed by atoms with Gasteiger partial charge in [0.25, 0.3) is 0 Å². The number of ether oxygens (including phenoxy) is 1. The van der Waals surface area contributed by atoms with E-state index in [4.69, 9.17) is 4.74 Å². The molecule has 5 nitrogen and oxygen atoms in total. The summed E-state index contributed by atoms with van der Waals surface area (Å²) in [5, 5.41) is 17.7. The maximum absolute atomic E-state index is 9.45. The second-order valence-corrected chi connectivity index (χ2v) is 5.18. The first-order valence-corrected chi connectivity index (χ1v) is 6.83. The third-order valence-electron chi connectivity index (χ3n) is 3.22. The summed E-state index contributed by atoms with van der Waals surface area (Å²) >= 11 is 0. The van der Waals surface area contributed by atoms with E-state index in [1.807, 2.05) is 28.9 Å². The van der Waals surface area contributed by atoms with Crippen molar-refractivity contribution in [2.45, 2.75) is 33.4 Å². The summed E-state index contributed by atoms with van der Waals surface area (Å²) in [6.45, 7) is 5.02. The van der Waals surface area contributed by atoms with Gasteiger partial charge in [-0.15, -0.1) is 5.10 Å². The highest BCUT2D eigenvalue weighted by Crippen LogP contribution is 2.26. The third kappa shape index (κ3) is 3.17. The first-order chi connectivity index (χ1) is 9.65. The molecular formula is C15H21N3O2. The number of aliphatic hydroxyl groups excluding tert-OH is 1. The molecule has 0 aliphatic heterocycles. The second kappa shape index (κ2) is 6.52. The topological polar surface area (TPSA) is 60.2 Å². The Morgan fingerprint density at radius 2 is 2.15 bits per heavy atom. The number of rotatable bonds is 6. The highest BCUT2D eigenvalue weighted by Gasteiger charge is 2.15. The van der Waals surface area contributed by atoms with Crippen LogP contribution in [0.5, 0.6) is 5.75 Å². The van der Waals surface area contributed by atoms with E-state index in [1.165, 1.54) is 0 Å². The van der Waals surface area contributed by atoms with Gasteiger partial charge < -0.3 is 9.84 Å². The molecule has 20 heavy (non-hydrogen) atoms. The van der Waals surface area contributed by atoms with Gasteiger partial charge in [-0.1, -0.05) is 31.2 Å². The molecule has 2 rings (SSSR count). The van der Waals surface area contributed by atoms with E-state index >= 15 is 0 Å². The van der Waals surface area contributed by atoms with Crippen LogP contribution in [0.25, 0.3) is 11.3 Å².